The van der Waals surface area contributed by atoms with Gasteiger partial charge in [-0.2, -0.15) is 0 Å². The lowest BCUT2D eigenvalue weighted by Gasteiger charge is -2.18. The minimum Gasteiger partial charge on any atom is -0.454 e. The van der Waals surface area contributed by atoms with Gasteiger partial charge in [0.05, 0.1) is 6.54 Å². The molecular weight excluding hydrogens is 431 g/mol. The molecule has 0 bridgehead atoms. The van der Waals surface area contributed by atoms with E-state index in [4.69, 9.17) is 14.5 Å². The Labute approximate surface area is 166 Å². The van der Waals surface area contributed by atoms with Crippen molar-refractivity contribution < 1.29 is 9.47 Å². The van der Waals surface area contributed by atoms with E-state index in [0.29, 0.717) is 19.4 Å². The Hall–Kier alpha value is -1.22. The first-order chi connectivity index (χ1) is 11.8. The van der Waals surface area contributed by atoms with Crippen molar-refractivity contribution in [3.63, 3.8) is 0 Å². The predicted molar refractivity (Wildman–Crippen MR) is 109 cm³/mol. The second-order valence-electron chi connectivity index (χ2n) is 6.70. The second kappa shape index (κ2) is 8.44. The molecule has 1 saturated heterocycles. The summed E-state index contributed by atoms with van der Waals surface area (Å²) in [4.78, 5) is 7.36. The molecule has 0 spiro atoms. The van der Waals surface area contributed by atoms with Crippen LogP contribution in [0.15, 0.2) is 23.2 Å². The van der Waals surface area contributed by atoms with Crippen LogP contribution in [0, 0.1) is 0 Å². The van der Waals surface area contributed by atoms with E-state index in [1.165, 1.54) is 25.8 Å². The minimum absolute atomic E-state index is 0. The first kappa shape index (κ1) is 18.6. The topological polar surface area (TPSA) is 58.1 Å². The standard InChI is InChI=1S/C18H26N4O2.HI/c1-2-19-18(21-14-8-9-22(11-14)15-6-7-15)20-10-13-4-3-5-16-17(13)24-12-23-16;/h3-5,14-15H,2,6-12H2,1H3,(H2,19,20,21);1H. The lowest BCUT2D eigenvalue weighted by atomic mass is 10.2. The molecule has 138 valence electrons. The van der Waals surface area contributed by atoms with Gasteiger partial charge in [-0.05, 0) is 32.3 Å². The van der Waals surface area contributed by atoms with Gasteiger partial charge in [0.1, 0.15) is 0 Å². The number of para-hydroxylation sites is 1. The fourth-order valence-electron chi connectivity index (χ4n) is 3.47. The van der Waals surface area contributed by atoms with Crippen molar-refractivity contribution in [3.05, 3.63) is 23.8 Å². The van der Waals surface area contributed by atoms with Crippen LogP contribution in [0.1, 0.15) is 31.7 Å². The maximum absolute atomic E-state index is 5.56. The van der Waals surface area contributed by atoms with E-state index >= 15 is 0 Å². The van der Waals surface area contributed by atoms with E-state index in [1.54, 1.807) is 0 Å². The zero-order valence-electron chi connectivity index (χ0n) is 14.7. The van der Waals surface area contributed by atoms with Gasteiger partial charge in [0.25, 0.3) is 0 Å². The van der Waals surface area contributed by atoms with Gasteiger partial charge in [0, 0.05) is 37.3 Å². The number of nitrogens with one attached hydrogen (secondary N) is 2. The molecule has 25 heavy (non-hydrogen) atoms. The Balaban J connectivity index is 0.00000182. The Morgan fingerprint density at radius 2 is 2.16 bits per heavy atom. The summed E-state index contributed by atoms with van der Waals surface area (Å²) in [5.41, 5.74) is 1.06. The molecule has 1 unspecified atom stereocenters. The Morgan fingerprint density at radius 3 is 2.96 bits per heavy atom. The summed E-state index contributed by atoms with van der Waals surface area (Å²) >= 11 is 0. The molecule has 1 atom stereocenters. The number of halogens is 1. The van der Waals surface area contributed by atoms with Crippen LogP contribution in [0.25, 0.3) is 0 Å². The molecule has 1 saturated carbocycles. The van der Waals surface area contributed by atoms with Crippen LogP contribution >= 0.6 is 24.0 Å². The third kappa shape index (κ3) is 4.49. The molecule has 6 nitrogen and oxygen atoms in total. The Morgan fingerprint density at radius 1 is 1.28 bits per heavy atom. The van der Waals surface area contributed by atoms with E-state index in [2.05, 4.69) is 22.5 Å². The molecule has 2 N–H and O–H groups in total. The van der Waals surface area contributed by atoms with Gasteiger partial charge in [-0.15, -0.1) is 24.0 Å². The monoisotopic (exact) mass is 458 g/mol. The molecule has 1 aromatic rings. The van der Waals surface area contributed by atoms with Crippen molar-refractivity contribution in [2.24, 2.45) is 4.99 Å². The van der Waals surface area contributed by atoms with E-state index < -0.39 is 0 Å². The number of fused-ring (bicyclic) bond motifs is 1. The van der Waals surface area contributed by atoms with Gasteiger partial charge in [-0.25, -0.2) is 4.99 Å². The zero-order valence-corrected chi connectivity index (χ0v) is 17.0. The van der Waals surface area contributed by atoms with Crippen LogP contribution in [-0.4, -0.2) is 49.4 Å². The van der Waals surface area contributed by atoms with Crippen molar-refractivity contribution in [3.8, 4) is 11.5 Å². The molecule has 3 aliphatic rings. The fourth-order valence-corrected chi connectivity index (χ4v) is 3.47. The lowest BCUT2D eigenvalue weighted by Crippen LogP contribution is -2.44. The second-order valence-corrected chi connectivity index (χ2v) is 6.70. The number of benzene rings is 1. The highest BCUT2D eigenvalue weighted by Gasteiger charge is 2.34. The SMILES string of the molecule is CCNC(=NCc1cccc2c1OCO2)NC1CCN(C2CC2)C1.I. The first-order valence-corrected chi connectivity index (χ1v) is 9.00. The number of hydrogen-bond acceptors (Lipinski definition) is 4. The average Bonchev–Trinajstić information content (AvgIpc) is 3.14. The smallest absolute Gasteiger partial charge is 0.231 e. The van der Waals surface area contributed by atoms with Gasteiger partial charge in [-0.3, -0.25) is 4.90 Å². The van der Waals surface area contributed by atoms with Crippen LogP contribution in [-0.2, 0) is 6.54 Å². The van der Waals surface area contributed by atoms with Gasteiger partial charge < -0.3 is 20.1 Å². The van der Waals surface area contributed by atoms with E-state index in [9.17, 15) is 0 Å². The van der Waals surface area contributed by atoms with Crippen LogP contribution < -0.4 is 20.1 Å². The highest BCUT2D eigenvalue weighted by Crippen LogP contribution is 2.35. The number of ether oxygens (including phenoxy) is 2. The van der Waals surface area contributed by atoms with Crippen molar-refractivity contribution >= 4 is 29.9 Å². The first-order valence-electron chi connectivity index (χ1n) is 9.00. The third-order valence-electron chi connectivity index (χ3n) is 4.85. The number of hydrogen-bond donors (Lipinski definition) is 2. The highest BCUT2D eigenvalue weighted by molar-refractivity contribution is 14.0. The number of aliphatic imine (C=N–C) groups is 1. The summed E-state index contributed by atoms with van der Waals surface area (Å²) < 4.78 is 11.0. The van der Waals surface area contributed by atoms with Crippen LogP contribution in [0.2, 0.25) is 0 Å². The predicted octanol–water partition coefficient (Wildman–Crippen LogP) is 2.33. The summed E-state index contributed by atoms with van der Waals surface area (Å²) in [5, 5.41) is 6.95. The largest absolute Gasteiger partial charge is 0.454 e. The van der Waals surface area contributed by atoms with Crippen LogP contribution in [0.4, 0.5) is 0 Å². The molecule has 2 aliphatic heterocycles. The summed E-state index contributed by atoms with van der Waals surface area (Å²) in [6, 6.07) is 7.31. The number of rotatable bonds is 5. The van der Waals surface area contributed by atoms with E-state index in [-0.39, 0.29) is 24.0 Å². The summed E-state index contributed by atoms with van der Waals surface area (Å²) in [5.74, 6) is 2.53. The van der Waals surface area contributed by atoms with Crippen LogP contribution in [0.5, 0.6) is 11.5 Å². The molecule has 4 rings (SSSR count). The summed E-state index contributed by atoms with van der Waals surface area (Å²) in [7, 11) is 0. The third-order valence-corrected chi connectivity index (χ3v) is 4.85. The van der Waals surface area contributed by atoms with Crippen molar-refractivity contribution in [2.75, 3.05) is 26.4 Å². The summed E-state index contributed by atoms with van der Waals surface area (Å²) in [6.45, 7) is 6.18. The molecule has 1 aromatic carbocycles. The number of guanidine groups is 1. The van der Waals surface area contributed by atoms with Crippen molar-refractivity contribution in [2.45, 2.75) is 44.8 Å². The minimum atomic E-state index is 0. The van der Waals surface area contributed by atoms with E-state index in [0.717, 1.165) is 42.2 Å². The van der Waals surface area contributed by atoms with Gasteiger partial charge in [0.2, 0.25) is 6.79 Å². The molecular formula is C18H27IN4O2. The molecule has 0 amide bonds. The van der Waals surface area contributed by atoms with Gasteiger partial charge in [0.15, 0.2) is 17.5 Å². The number of likely N-dealkylation sites (tertiary alicyclic amines) is 1. The average molecular weight is 458 g/mol. The van der Waals surface area contributed by atoms with Gasteiger partial charge in [-0.1, -0.05) is 12.1 Å². The number of nitrogens with zero attached hydrogens (tertiary/aromatic N) is 2. The molecule has 1 aliphatic carbocycles. The fraction of sp³-hybridized carbons (Fsp3) is 0.611. The lowest BCUT2D eigenvalue weighted by molar-refractivity contribution is 0.173. The quantitative estimate of drug-likeness (QED) is 0.403. The Bertz CT molecular complexity index is 621. The molecule has 7 heteroatoms. The van der Waals surface area contributed by atoms with Gasteiger partial charge >= 0.3 is 0 Å². The maximum Gasteiger partial charge on any atom is 0.231 e. The molecule has 2 fully saturated rings. The molecule has 0 radical (unpaired) electrons. The van der Waals surface area contributed by atoms with Crippen molar-refractivity contribution in [1.82, 2.24) is 15.5 Å². The zero-order chi connectivity index (χ0) is 16.4. The van der Waals surface area contributed by atoms with Crippen molar-refractivity contribution in [1.29, 1.82) is 0 Å². The highest BCUT2D eigenvalue weighted by atomic mass is 127. The Kier molecular flexibility index (Phi) is 6.27. The van der Waals surface area contributed by atoms with E-state index in [1.807, 2.05) is 18.2 Å². The molecule has 2 heterocycles. The summed E-state index contributed by atoms with van der Waals surface area (Å²) in [6.07, 6.45) is 3.95. The maximum atomic E-state index is 5.56. The normalized spacial score (nSPS) is 22.6. The molecule has 0 aromatic heterocycles. The van der Waals surface area contributed by atoms with Crippen LogP contribution in [0.3, 0.4) is 0 Å².